The Bertz CT molecular complexity index is 624. The molecule has 0 aliphatic rings. The second kappa shape index (κ2) is 5.65. The minimum absolute atomic E-state index is 0.0555. The summed E-state index contributed by atoms with van der Waals surface area (Å²) in [7, 11) is -3.70. The molecule has 0 saturated carbocycles. The van der Waals surface area contributed by atoms with E-state index in [2.05, 4.69) is 9.73 Å². The number of alkyl halides is 1. The summed E-state index contributed by atoms with van der Waals surface area (Å²) < 4.78 is 39.7. The van der Waals surface area contributed by atoms with Crippen LogP contribution in [-0.2, 0) is 9.84 Å². The Kier molecular flexibility index (Phi) is 4.43. The van der Waals surface area contributed by atoms with Crippen LogP contribution in [0, 0.1) is 0 Å². The van der Waals surface area contributed by atoms with Crippen LogP contribution in [0.25, 0.3) is 0 Å². The third-order valence-electron chi connectivity index (χ3n) is 2.03. The number of carbonyl (C=O) groups is 1. The molecule has 0 atom stereocenters. The molecule has 0 radical (unpaired) electrons. The maximum atomic E-state index is 12.1. The molecule has 1 amide bonds. The Labute approximate surface area is 109 Å². The molecule has 19 heavy (non-hydrogen) atoms. The maximum Gasteiger partial charge on any atom is 0.280 e. The summed E-state index contributed by atoms with van der Waals surface area (Å²) in [4.78, 5) is 14.5. The van der Waals surface area contributed by atoms with Crippen LogP contribution in [0.2, 0.25) is 0 Å². The Morgan fingerprint density at radius 3 is 2.53 bits per heavy atom. The zero-order valence-corrected chi connectivity index (χ0v) is 10.8. The molecule has 0 spiro atoms. The smallest absolute Gasteiger partial charge is 0.280 e. The predicted octanol–water partition coefficient (Wildman–Crippen LogP) is -0.190. The van der Waals surface area contributed by atoms with Gasteiger partial charge in [0.15, 0.2) is 15.8 Å². The lowest BCUT2D eigenvalue weighted by Gasteiger charge is -2.08. The molecule has 1 aromatic rings. The molecule has 0 heterocycles. The lowest BCUT2D eigenvalue weighted by Crippen LogP contribution is -2.24. The molecule has 0 bridgehead atoms. The van der Waals surface area contributed by atoms with Crippen molar-refractivity contribution in [2.45, 2.75) is 4.90 Å². The molecular formula is C10H12FN3O4S. The number of nitrogens with zero attached hydrogens (tertiary/aromatic N) is 1. The van der Waals surface area contributed by atoms with Gasteiger partial charge < -0.3 is 16.2 Å². The second-order valence-electron chi connectivity index (χ2n) is 3.53. The first-order valence-electron chi connectivity index (χ1n) is 4.92. The first-order chi connectivity index (χ1) is 8.75. The lowest BCUT2D eigenvalue weighted by molar-refractivity contribution is 0.100. The average Bonchev–Trinajstić information content (AvgIpc) is 2.27. The summed E-state index contributed by atoms with van der Waals surface area (Å²) in [6, 6.07) is 3.41. The van der Waals surface area contributed by atoms with Crippen molar-refractivity contribution in [3.63, 3.8) is 0 Å². The number of halogens is 1. The number of carbonyl (C=O) groups excluding carboxylic acids is 1. The van der Waals surface area contributed by atoms with Crippen LogP contribution in [0.5, 0.6) is 5.75 Å². The van der Waals surface area contributed by atoms with Crippen LogP contribution < -0.4 is 16.2 Å². The zero-order chi connectivity index (χ0) is 14.6. The zero-order valence-electron chi connectivity index (χ0n) is 9.96. The molecule has 0 unspecified atom stereocenters. The fraction of sp³-hybridized carbons (Fsp3) is 0.200. The van der Waals surface area contributed by atoms with E-state index in [1.54, 1.807) is 0 Å². The van der Waals surface area contributed by atoms with Crippen molar-refractivity contribution in [1.82, 2.24) is 0 Å². The topological polar surface area (TPSA) is 125 Å². The second-order valence-corrected chi connectivity index (χ2v) is 5.51. The molecule has 104 valence electrons. The van der Waals surface area contributed by atoms with Gasteiger partial charge in [0.25, 0.3) is 5.91 Å². The van der Waals surface area contributed by atoms with E-state index >= 15 is 0 Å². The van der Waals surface area contributed by atoms with Crippen LogP contribution in [0.1, 0.15) is 10.4 Å². The summed E-state index contributed by atoms with van der Waals surface area (Å²) in [6.45, 7) is -1.19. The van der Waals surface area contributed by atoms with Gasteiger partial charge in [0.2, 0.25) is 6.86 Å². The number of hydrogen-bond acceptors (Lipinski definition) is 4. The minimum Gasteiger partial charge on any atom is -0.462 e. The quantitative estimate of drug-likeness (QED) is 0.584. The van der Waals surface area contributed by atoms with Crippen LogP contribution >= 0.6 is 0 Å². The summed E-state index contributed by atoms with van der Waals surface area (Å²) in [5.74, 6) is -1.45. The normalized spacial score (nSPS) is 10.8. The Hall–Kier alpha value is -2.16. The van der Waals surface area contributed by atoms with Gasteiger partial charge >= 0.3 is 0 Å². The van der Waals surface area contributed by atoms with Crippen molar-refractivity contribution < 1.29 is 22.3 Å². The summed E-state index contributed by atoms with van der Waals surface area (Å²) in [5.41, 5.74) is 10.0. The SMILES string of the molecule is CS(=O)(=O)c1cc(C(=O)N=C(N)N)ccc1OCF. The van der Waals surface area contributed by atoms with E-state index in [0.29, 0.717) is 0 Å². The maximum absolute atomic E-state index is 12.1. The van der Waals surface area contributed by atoms with Crippen LogP contribution in [-0.4, -0.2) is 33.4 Å². The Morgan fingerprint density at radius 1 is 1.42 bits per heavy atom. The van der Waals surface area contributed by atoms with Gasteiger partial charge in [0.1, 0.15) is 10.6 Å². The van der Waals surface area contributed by atoms with Crippen molar-refractivity contribution >= 4 is 21.7 Å². The number of nitrogens with two attached hydrogens (primary N) is 2. The number of benzene rings is 1. The highest BCUT2D eigenvalue weighted by atomic mass is 32.2. The number of sulfone groups is 1. The van der Waals surface area contributed by atoms with E-state index in [1.165, 1.54) is 6.07 Å². The highest BCUT2D eigenvalue weighted by Gasteiger charge is 2.18. The van der Waals surface area contributed by atoms with E-state index < -0.39 is 28.6 Å². The van der Waals surface area contributed by atoms with Crippen molar-refractivity contribution in [3.05, 3.63) is 23.8 Å². The van der Waals surface area contributed by atoms with Crippen LogP contribution in [0.3, 0.4) is 0 Å². The minimum atomic E-state index is -3.70. The van der Waals surface area contributed by atoms with Crippen LogP contribution in [0.15, 0.2) is 28.1 Å². The number of rotatable bonds is 4. The lowest BCUT2D eigenvalue weighted by atomic mass is 10.2. The van der Waals surface area contributed by atoms with E-state index in [0.717, 1.165) is 18.4 Å². The number of hydrogen-bond donors (Lipinski definition) is 2. The van der Waals surface area contributed by atoms with Crippen LogP contribution in [0.4, 0.5) is 4.39 Å². The van der Waals surface area contributed by atoms with Crippen molar-refractivity contribution in [2.75, 3.05) is 13.1 Å². The molecule has 0 fully saturated rings. The molecule has 0 aliphatic carbocycles. The summed E-state index contributed by atoms with van der Waals surface area (Å²) >= 11 is 0. The molecular weight excluding hydrogens is 277 g/mol. The van der Waals surface area contributed by atoms with Gasteiger partial charge in [-0.05, 0) is 18.2 Å². The van der Waals surface area contributed by atoms with Crippen molar-refractivity contribution in [1.29, 1.82) is 0 Å². The number of aliphatic imine (C=N–C) groups is 1. The fourth-order valence-corrected chi connectivity index (χ4v) is 2.12. The number of amides is 1. The third-order valence-corrected chi connectivity index (χ3v) is 3.15. The highest BCUT2D eigenvalue weighted by molar-refractivity contribution is 7.90. The molecule has 4 N–H and O–H groups in total. The van der Waals surface area contributed by atoms with Gasteiger partial charge in [0, 0.05) is 11.8 Å². The van der Waals surface area contributed by atoms with E-state index in [-0.39, 0.29) is 16.2 Å². The predicted molar refractivity (Wildman–Crippen MR) is 66.3 cm³/mol. The Balaban J connectivity index is 3.34. The van der Waals surface area contributed by atoms with Crippen molar-refractivity contribution in [3.8, 4) is 5.75 Å². The first kappa shape index (κ1) is 14.9. The monoisotopic (exact) mass is 289 g/mol. The van der Waals surface area contributed by atoms with Gasteiger partial charge in [-0.15, -0.1) is 0 Å². The molecule has 0 aliphatic heterocycles. The first-order valence-corrected chi connectivity index (χ1v) is 6.81. The third kappa shape index (κ3) is 3.91. The molecule has 9 heteroatoms. The van der Waals surface area contributed by atoms with E-state index in [1.807, 2.05) is 0 Å². The van der Waals surface area contributed by atoms with Gasteiger partial charge in [-0.3, -0.25) is 4.79 Å². The average molecular weight is 289 g/mol. The van der Waals surface area contributed by atoms with E-state index in [4.69, 9.17) is 11.5 Å². The van der Waals surface area contributed by atoms with Gasteiger partial charge in [-0.2, -0.15) is 4.99 Å². The molecule has 7 nitrogen and oxygen atoms in total. The van der Waals surface area contributed by atoms with Crippen molar-refractivity contribution in [2.24, 2.45) is 16.5 Å². The number of ether oxygens (including phenoxy) is 1. The standard InChI is InChI=1S/C10H12FN3O4S/c1-19(16,17)8-4-6(9(15)14-10(12)13)2-3-7(8)18-5-11/h2-4H,5H2,1H3,(H4,12,13,14,15). The van der Waals surface area contributed by atoms with E-state index in [9.17, 15) is 17.6 Å². The van der Waals surface area contributed by atoms with Gasteiger partial charge in [0.05, 0.1) is 0 Å². The summed E-state index contributed by atoms with van der Waals surface area (Å²) in [6.07, 6.45) is 0.905. The Morgan fingerprint density at radius 2 is 2.05 bits per heavy atom. The molecule has 0 saturated heterocycles. The van der Waals surface area contributed by atoms with Gasteiger partial charge in [-0.25, -0.2) is 12.8 Å². The molecule has 1 rings (SSSR count). The fourth-order valence-electron chi connectivity index (χ4n) is 1.29. The highest BCUT2D eigenvalue weighted by Crippen LogP contribution is 2.25. The van der Waals surface area contributed by atoms with Gasteiger partial charge in [-0.1, -0.05) is 0 Å². The number of guanidine groups is 1. The largest absolute Gasteiger partial charge is 0.462 e. The molecule has 1 aromatic carbocycles. The molecule has 0 aromatic heterocycles. The summed E-state index contributed by atoms with van der Waals surface area (Å²) in [5, 5.41) is 0.